The van der Waals surface area contributed by atoms with Crippen molar-refractivity contribution in [3.8, 4) is 11.4 Å². The third kappa shape index (κ3) is 4.08. The van der Waals surface area contributed by atoms with Gasteiger partial charge in [-0.15, -0.1) is 0 Å². The van der Waals surface area contributed by atoms with E-state index >= 15 is 0 Å². The van der Waals surface area contributed by atoms with Gasteiger partial charge < -0.3 is 15.6 Å². The number of alkyl halides is 3. The molecule has 2 amide bonds. The summed E-state index contributed by atoms with van der Waals surface area (Å²) in [5, 5.41) is 11.5. The molecule has 0 saturated carbocycles. The molecular formula is C19H14ClF3N6O. The zero-order valence-electron chi connectivity index (χ0n) is 15.4. The summed E-state index contributed by atoms with van der Waals surface area (Å²) in [5.74, 6) is 0.644. The van der Waals surface area contributed by atoms with Gasteiger partial charge in [-0.05, 0) is 48.9 Å². The highest BCUT2D eigenvalue weighted by molar-refractivity contribution is 6.31. The molecule has 0 atom stereocenters. The molecule has 7 nitrogen and oxygen atoms in total. The first-order valence-corrected chi connectivity index (χ1v) is 9.03. The van der Waals surface area contributed by atoms with Crippen LogP contribution in [0.25, 0.3) is 22.6 Å². The van der Waals surface area contributed by atoms with Crippen molar-refractivity contribution in [1.29, 1.82) is 0 Å². The molecule has 0 aliphatic carbocycles. The molecule has 4 aromatic rings. The average Bonchev–Trinajstić information content (AvgIpc) is 3.22. The number of benzene rings is 2. The molecule has 154 valence electrons. The first-order chi connectivity index (χ1) is 14.2. The van der Waals surface area contributed by atoms with Crippen LogP contribution in [0.15, 0.2) is 42.6 Å². The number of hydrogen-bond donors (Lipinski definition) is 4. The van der Waals surface area contributed by atoms with Crippen LogP contribution in [0.3, 0.4) is 0 Å². The van der Waals surface area contributed by atoms with Gasteiger partial charge in [0.25, 0.3) is 0 Å². The van der Waals surface area contributed by atoms with Crippen LogP contribution in [-0.4, -0.2) is 26.2 Å². The summed E-state index contributed by atoms with van der Waals surface area (Å²) in [6.07, 6.45) is -2.94. The third-order valence-corrected chi connectivity index (χ3v) is 4.54. The molecule has 11 heteroatoms. The van der Waals surface area contributed by atoms with E-state index in [4.69, 9.17) is 11.6 Å². The van der Waals surface area contributed by atoms with Crippen molar-refractivity contribution in [2.24, 2.45) is 0 Å². The number of rotatable bonds is 3. The van der Waals surface area contributed by atoms with Crippen LogP contribution in [-0.2, 0) is 6.18 Å². The lowest BCUT2D eigenvalue weighted by molar-refractivity contribution is -0.137. The van der Waals surface area contributed by atoms with Gasteiger partial charge in [0.15, 0.2) is 5.65 Å². The molecule has 0 aliphatic heterocycles. The summed E-state index contributed by atoms with van der Waals surface area (Å²) in [4.78, 5) is 19.8. The second-order valence-electron chi connectivity index (χ2n) is 6.55. The lowest BCUT2D eigenvalue weighted by Gasteiger charge is -2.12. The van der Waals surface area contributed by atoms with E-state index < -0.39 is 17.8 Å². The van der Waals surface area contributed by atoms with Crippen LogP contribution in [0.2, 0.25) is 5.02 Å². The maximum Gasteiger partial charge on any atom is 0.416 e. The molecule has 0 saturated heterocycles. The highest BCUT2D eigenvalue weighted by Gasteiger charge is 2.31. The molecule has 0 bridgehead atoms. The highest BCUT2D eigenvalue weighted by atomic mass is 35.5. The van der Waals surface area contributed by atoms with E-state index in [1.807, 2.05) is 6.92 Å². The summed E-state index contributed by atoms with van der Waals surface area (Å²) >= 11 is 5.73. The number of H-pyrrole nitrogens is 2. The number of nitrogens with zero attached hydrogens (tertiary/aromatic N) is 2. The van der Waals surface area contributed by atoms with Crippen molar-refractivity contribution in [2.75, 3.05) is 10.6 Å². The predicted molar refractivity (Wildman–Crippen MR) is 108 cm³/mol. The average molecular weight is 435 g/mol. The Labute approximate surface area is 172 Å². The lowest BCUT2D eigenvalue weighted by atomic mass is 10.1. The highest BCUT2D eigenvalue weighted by Crippen LogP contribution is 2.33. The second-order valence-corrected chi connectivity index (χ2v) is 6.99. The molecule has 0 aliphatic rings. The van der Waals surface area contributed by atoms with E-state index in [0.29, 0.717) is 17.2 Å². The number of aromatic amines is 2. The van der Waals surface area contributed by atoms with Crippen LogP contribution < -0.4 is 10.6 Å². The van der Waals surface area contributed by atoms with Crippen molar-refractivity contribution in [3.05, 3.63) is 58.7 Å². The number of anilines is 2. The Kier molecular flexibility index (Phi) is 4.86. The van der Waals surface area contributed by atoms with Gasteiger partial charge in [-0.1, -0.05) is 11.6 Å². The first kappa shape index (κ1) is 19.8. The first-order valence-electron chi connectivity index (χ1n) is 8.65. The normalized spacial score (nSPS) is 11.6. The Morgan fingerprint density at radius 1 is 1.10 bits per heavy atom. The Balaban J connectivity index is 1.49. The number of hydrogen-bond acceptors (Lipinski definition) is 3. The number of aromatic nitrogens is 4. The van der Waals surface area contributed by atoms with Gasteiger partial charge in [-0.25, -0.2) is 9.78 Å². The minimum Gasteiger partial charge on any atom is -0.335 e. The summed E-state index contributed by atoms with van der Waals surface area (Å²) in [6, 6.07) is 7.30. The van der Waals surface area contributed by atoms with E-state index in [1.54, 1.807) is 24.4 Å². The number of halogens is 4. The minimum atomic E-state index is -4.57. The Bertz CT molecular complexity index is 1220. The molecule has 2 aromatic carbocycles. The number of carbonyl (C=O) groups is 1. The Morgan fingerprint density at radius 2 is 1.87 bits per heavy atom. The molecule has 0 fully saturated rings. The Morgan fingerprint density at radius 3 is 2.57 bits per heavy atom. The molecule has 0 radical (unpaired) electrons. The minimum absolute atomic E-state index is 0.0695. The van der Waals surface area contributed by atoms with E-state index in [2.05, 4.69) is 30.8 Å². The summed E-state index contributed by atoms with van der Waals surface area (Å²) in [7, 11) is 0. The lowest BCUT2D eigenvalue weighted by Crippen LogP contribution is -2.20. The maximum absolute atomic E-state index is 12.9. The maximum atomic E-state index is 12.9. The number of fused-ring (bicyclic) bond motifs is 1. The molecule has 30 heavy (non-hydrogen) atoms. The van der Waals surface area contributed by atoms with Crippen LogP contribution in [0.4, 0.5) is 29.3 Å². The summed E-state index contributed by atoms with van der Waals surface area (Å²) in [6.45, 7) is 1.85. The topological polar surface area (TPSA) is 98.5 Å². The number of carbonyl (C=O) groups excluding carboxylic acids is 1. The van der Waals surface area contributed by atoms with Crippen LogP contribution in [0.1, 0.15) is 11.1 Å². The van der Waals surface area contributed by atoms with Gasteiger partial charge in [0.1, 0.15) is 11.3 Å². The van der Waals surface area contributed by atoms with Crippen molar-refractivity contribution < 1.29 is 18.0 Å². The molecule has 2 aromatic heterocycles. The number of imidazole rings is 1. The zero-order chi connectivity index (χ0) is 21.5. The Hall–Kier alpha value is -3.53. The number of nitrogens with one attached hydrogen (secondary N) is 4. The largest absolute Gasteiger partial charge is 0.416 e. The van der Waals surface area contributed by atoms with E-state index in [1.165, 1.54) is 6.07 Å². The van der Waals surface area contributed by atoms with Crippen LogP contribution in [0.5, 0.6) is 0 Å². The fourth-order valence-corrected chi connectivity index (χ4v) is 3.21. The molecule has 0 unspecified atom stereocenters. The molecule has 4 N–H and O–H groups in total. The summed E-state index contributed by atoms with van der Waals surface area (Å²) in [5.41, 5.74) is 2.51. The standard InChI is InChI=1S/C19H14ClF3N6O/c1-9-4-12(2-3-14(9)16-27-15-8-24-29-17(15)28-16)25-18(30)26-13-6-10(19(21,22)23)5-11(20)7-13/h2-8H,1H3,(H2,25,26,30)(H2,24,27,28,29). The van der Waals surface area contributed by atoms with Gasteiger partial charge in [0.05, 0.1) is 11.8 Å². The van der Waals surface area contributed by atoms with Crippen molar-refractivity contribution in [1.82, 2.24) is 20.2 Å². The molecule has 0 spiro atoms. The quantitative estimate of drug-likeness (QED) is 0.339. The van der Waals surface area contributed by atoms with Gasteiger partial charge in [0.2, 0.25) is 0 Å². The van der Waals surface area contributed by atoms with Gasteiger partial charge in [-0.2, -0.15) is 18.3 Å². The predicted octanol–water partition coefficient (Wildman–Crippen LogP) is 5.58. The van der Waals surface area contributed by atoms with E-state index in [-0.39, 0.29) is 10.7 Å². The van der Waals surface area contributed by atoms with Gasteiger partial charge in [-0.3, -0.25) is 5.10 Å². The van der Waals surface area contributed by atoms with Crippen molar-refractivity contribution in [3.63, 3.8) is 0 Å². The third-order valence-electron chi connectivity index (χ3n) is 4.32. The SMILES string of the molecule is Cc1cc(NC(=O)Nc2cc(Cl)cc(C(F)(F)F)c2)ccc1-c1nc2[nH]ncc2[nH]1. The summed E-state index contributed by atoms with van der Waals surface area (Å²) < 4.78 is 38.7. The molecule has 4 rings (SSSR count). The zero-order valence-corrected chi connectivity index (χ0v) is 16.1. The van der Waals surface area contributed by atoms with Crippen molar-refractivity contribution >= 4 is 40.2 Å². The number of amides is 2. The van der Waals surface area contributed by atoms with E-state index in [0.717, 1.165) is 28.8 Å². The number of aryl methyl sites for hydroxylation is 1. The fourth-order valence-electron chi connectivity index (χ4n) is 2.98. The van der Waals surface area contributed by atoms with Gasteiger partial charge in [0, 0.05) is 22.0 Å². The second kappa shape index (κ2) is 7.38. The van der Waals surface area contributed by atoms with Crippen LogP contribution >= 0.6 is 11.6 Å². The van der Waals surface area contributed by atoms with Gasteiger partial charge >= 0.3 is 12.2 Å². The number of urea groups is 1. The molecule has 2 heterocycles. The molecular weight excluding hydrogens is 421 g/mol. The smallest absolute Gasteiger partial charge is 0.335 e. The monoisotopic (exact) mass is 434 g/mol. The van der Waals surface area contributed by atoms with Crippen molar-refractivity contribution in [2.45, 2.75) is 13.1 Å². The fraction of sp³-hybridized carbons (Fsp3) is 0.105. The van der Waals surface area contributed by atoms with Crippen LogP contribution in [0, 0.1) is 6.92 Å². The van der Waals surface area contributed by atoms with E-state index in [9.17, 15) is 18.0 Å².